The summed E-state index contributed by atoms with van der Waals surface area (Å²) in [5.74, 6) is 0.120. The van der Waals surface area contributed by atoms with Gasteiger partial charge in [0.1, 0.15) is 5.38 Å². The van der Waals surface area contributed by atoms with Crippen LogP contribution in [-0.2, 0) is 9.53 Å². The Morgan fingerprint density at radius 3 is 2.73 bits per heavy atom. The smallest absolute Gasteiger partial charge is 0.324 e. The van der Waals surface area contributed by atoms with Gasteiger partial charge in [-0.15, -0.1) is 11.6 Å². The predicted octanol–water partition coefficient (Wildman–Crippen LogP) is 1.96. The van der Waals surface area contributed by atoms with Crippen molar-refractivity contribution in [3.63, 3.8) is 0 Å². The van der Waals surface area contributed by atoms with Crippen LogP contribution in [0.2, 0.25) is 0 Å². The first-order chi connectivity index (χ1) is 5.25. The Morgan fingerprint density at radius 2 is 2.36 bits per heavy atom. The number of ether oxygens (including phenoxy) is 1. The lowest BCUT2D eigenvalue weighted by Gasteiger charge is -2.28. The molecular formula is C8H13ClO2. The van der Waals surface area contributed by atoms with E-state index in [9.17, 15) is 4.79 Å². The number of esters is 1. The molecule has 0 N–H and O–H groups in total. The van der Waals surface area contributed by atoms with E-state index in [2.05, 4.69) is 0 Å². The van der Waals surface area contributed by atoms with Gasteiger partial charge in [0, 0.05) is 0 Å². The Morgan fingerprint density at radius 1 is 1.73 bits per heavy atom. The van der Waals surface area contributed by atoms with Gasteiger partial charge < -0.3 is 4.74 Å². The summed E-state index contributed by atoms with van der Waals surface area (Å²) >= 11 is 5.84. The lowest BCUT2D eigenvalue weighted by atomic mass is 9.83. The molecule has 2 nitrogen and oxygen atoms in total. The Bertz CT molecular complexity index is 143. The van der Waals surface area contributed by atoms with Crippen LogP contribution in [0, 0.1) is 5.92 Å². The molecule has 3 heteroatoms. The fourth-order valence-electron chi connectivity index (χ4n) is 1.15. The number of alkyl halides is 1. The van der Waals surface area contributed by atoms with E-state index < -0.39 is 5.38 Å². The summed E-state index contributed by atoms with van der Waals surface area (Å²) in [6.07, 6.45) is 3.35. The van der Waals surface area contributed by atoms with E-state index in [0.29, 0.717) is 12.5 Å². The monoisotopic (exact) mass is 176 g/mol. The fraction of sp³-hybridized carbons (Fsp3) is 0.875. The highest BCUT2D eigenvalue weighted by molar-refractivity contribution is 6.30. The third-order valence-corrected chi connectivity index (χ3v) is 2.61. The first-order valence-corrected chi connectivity index (χ1v) is 4.50. The van der Waals surface area contributed by atoms with Crippen molar-refractivity contribution in [1.29, 1.82) is 0 Å². The first kappa shape index (κ1) is 8.85. The molecule has 1 fully saturated rings. The van der Waals surface area contributed by atoms with E-state index in [1.165, 1.54) is 6.42 Å². The van der Waals surface area contributed by atoms with Crippen LogP contribution in [0.5, 0.6) is 0 Å². The number of hydrogen-bond acceptors (Lipinski definition) is 2. The molecule has 0 bridgehead atoms. The zero-order chi connectivity index (χ0) is 8.27. The van der Waals surface area contributed by atoms with E-state index in [1.54, 1.807) is 6.92 Å². The van der Waals surface area contributed by atoms with Crippen molar-refractivity contribution in [3.8, 4) is 0 Å². The molecule has 1 rings (SSSR count). The molecule has 0 spiro atoms. The maximum atomic E-state index is 11.0. The molecule has 64 valence electrons. The molecule has 1 unspecified atom stereocenters. The van der Waals surface area contributed by atoms with Crippen molar-refractivity contribution in [2.45, 2.75) is 31.6 Å². The van der Waals surface area contributed by atoms with E-state index in [1.807, 2.05) is 0 Å². The third kappa shape index (κ3) is 2.09. The van der Waals surface area contributed by atoms with Gasteiger partial charge in [0.25, 0.3) is 0 Å². The molecule has 1 aliphatic carbocycles. The molecule has 0 heterocycles. The van der Waals surface area contributed by atoms with Crippen LogP contribution in [0.4, 0.5) is 0 Å². The van der Waals surface area contributed by atoms with Crippen molar-refractivity contribution in [2.24, 2.45) is 5.92 Å². The average molecular weight is 177 g/mol. The van der Waals surface area contributed by atoms with Crippen LogP contribution < -0.4 is 0 Å². The second-order valence-electron chi connectivity index (χ2n) is 2.84. The molecule has 0 aromatic rings. The Balaban J connectivity index is 2.27. The van der Waals surface area contributed by atoms with Crippen LogP contribution in [0.3, 0.4) is 0 Å². The van der Waals surface area contributed by atoms with Gasteiger partial charge in [0.05, 0.1) is 6.61 Å². The number of halogens is 1. The van der Waals surface area contributed by atoms with Crippen LogP contribution in [0.1, 0.15) is 26.2 Å². The highest BCUT2D eigenvalue weighted by Crippen LogP contribution is 2.32. The van der Waals surface area contributed by atoms with Crippen LogP contribution >= 0.6 is 11.6 Å². The van der Waals surface area contributed by atoms with Crippen LogP contribution in [0.25, 0.3) is 0 Å². The largest absolute Gasteiger partial charge is 0.465 e. The zero-order valence-corrected chi connectivity index (χ0v) is 7.43. The highest BCUT2D eigenvalue weighted by Gasteiger charge is 2.31. The normalized spacial score (nSPS) is 20.5. The van der Waals surface area contributed by atoms with E-state index in [-0.39, 0.29) is 5.97 Å². The molecule has 0 aromatic carbocycles. The summed E-state index contributed by atoms with van der Waals surface area (Å²) in [6, 6.07) is 0. The Labute approximate surface area is 71.9 Å². The molecular weight excluding hydrogens is 164 g/mol. The topological polar surface area (TPSA) is 26.3 Å². The zero-order valence-electron chi connectivity index (χ0n) is 6.68. The first-order valence-electron chi connectivity index (χ1n) is 4.06. The average Bonchev–Trinajstić information content (AvgIpc) is 1.84. The molecule has 0 amide bonds. The Kier molecular flexibility index (Phi) is 3.18. The third-order valence-electron chi connectivity index (χ3n) is 2.08. The van der Waals surface area contributed by atoms with Crippen molar-refractivity contribution in [1.82, 2.24) is 0 Å². The molecule has 11 heavy (non-hydrogen) atoms. The second-order valence-corrected chi connectivity index (χ2v) is 3.31. The van der Waals surface area contributed by atoms with Gasteiger partial charge in [-0.05, 0) is 25.7 Å². The van der Waals surface area contributed by atoms with Gasteiger partial charge in [0.15, 0.2) is 0 Å². The SMILES string of the molecule is CCOC(=O)C(Cl)C1CCC1. The van der Waals surface area contributed by atoms with Gasteiger partial charge in [0.2, 0.25) is 0 Å². The summed E-state index contributed by atoms with van der Waals surface area (Å²) in [5.41, 5.74) is 0. The summed E-state index contributed by atoms with van der Waals surface area (Å²) in [7, 11) is 0. The molecule has 0 saturated heterocycles. The Hall–Kier alpha value is -0.240. The molecule has 0 radical (unpaired) electrons. The highest BCUT2D eigenvalue weighted by atomic mass is 35.5. The maximum Gasteiger partial charge on any atom is 0.324 e. The minimum atomic E-state index is -0.399. The van der Waals surface area contributed by atoms with Gasteiger partial charge in [-0.25, -0.2) is 0 Å². The van der Waals surface area contributed by atoms with Gasteiger partial charge >= 0.3 is 5.97 Å². The van der Waals surface area contributed by atoms with Crippen molar-refractivity contribution >= 4 is 17.6 Å². The van der Waals surface area contributed by atoms with Gasteiger partial charge in [-0.3, -0.25) is 4.79 Å². The van der Waals surface area contributed by atoms with Crippen molar-refractivity contribution in [3.05, 3.63) is 0 Å². The summed E-state index contributed by atoms with van der Waals surface area (Å²) in [6.45, 7) is 2.22. The standard InChI is InChI=1S/C8H13ClO2/c1-2-11-8(10)7(9)6-4-3-5-6/h6-7H,2-5H2,1H3. The molecule has 0 aliphatic heterocycles. The van der Waals surface area contributed by atoms with Gasteiger partial charge in [-0.1, -0.05) is 6.42 Å². The lowest BCUT2D eigenvalue weighted by Crippen LogP contribution is -2.30. The maximum absolute atomic E-state index is 11.0. The predicted molar refractivity (Wildman–Crippen MR) is 43.6 cm³/mol. The van der Waals surface area contributed by atoms with Crippen molar-refractivity contribution in [2.75, 3.05) is 6.61 Å². The molecule has 0 aromatic heterocycles. The number of rotatable bonds is 3. The van der Waals surface area contributed by atoms with E-state index in [0.717, 1.165) is 12.8 Å². The molecule has 1 atom stereocenters. The second kappa shape index (κ2) is 3.96. The lowest BCUT2D eigenvalue weighted by molar-refractivity contribution is -0.144. The number of hydrogen-bond donors (Lipinski definition) is 0. The van der Waals surface area contributed by atoms with Gasteiger partial charge in [-0.2, -0.15) is 0 Å². The van der Waals surface area contributed by atoms with E-state index >= 15 is 0 Å². The summed E-state index contributed by atoms with van der Waals surface area (Å²) < 4.78 is 4.79. The minimum Gasteiger partial charge on any atom is -0.465 e. The van der Waals surface area contributed by atoms with Crippen LogP contribution in [0.15, 0.2) is 0 Å². The van der Waals surface area contributed by atoms with Crippen LogP contribution in [-0.4, -0.2) is 18.0 Å². The fourth-order valence-corrected chi connectivity index (χ4v) is 1.46. The van der Waals surface area contributed by atoms with Crippen molar-refractivity contribution < 1.29 is 9.53 Å². The summed E-state index contributed by atoms with van der Waals surface area (Å²) in [4.78, 5) is 11.0. The quantitative estimate of drug-likeness (QED) is 0.486. The number of carbonyl (C=O) groups is 1. The summed E-state index contributed by atoms with van der Waals surface area (Å²) in [5, 5.41) is -0.399. The number of carbonyl (C=O) groups excluding carboxylic acids is 1. The molecule has 1 saturated carbocycles. The minimum absolute atomic E-state index is 0.251. The van der Waals surface area contributed by atoms with E-state index in [4.69, 9.17) is 16.3 Å². The molecule has 1 aliphatic rings.